The third-order valence-electron chi connectivity index (χ3n) is 2.70. The highest BCUT2D eigenvalue weighted by Gasteiger charge is 2.22. The van der Waals surface area contributed by atoms with E-state index in [0.717, 1.165) is 19.4 Å². The zero-order chi connectivity index (χ0) is 11.5. The van der Waals surface area contributed by atoms with Gasteiger partial charge in [0.25, 0.3) is 0 Å². The second kappa shape index (κ2) is 4.65. The molecule has 1 aromatic rings. The summed E-state index contributed by atoms with van der Waals surface area (Å²) in [6.45, 7) is 2.64. The molecule has 0 radical (unpaired) electrons. The van der Waals surface area contributed by atoms with E-state index in [9.17, 15) is 4.79 Å². The van der Waals surface area contributed by atoms with Gasteiger partial charge in [0.15, 0.2) is 5.89 Å². The Kier molecular flexibility index (Phi) is 3.24. The van der Waals surface area contributed by atoms with E-state index in [1.165, 1.54) is 0 Å². The fraction of sp³-hybridized carbons (Fsp3) is 0.636. The third-order valence-corrected chi connectivity index (χ3v) is 2.70. The number of hydrogen-bond donors (Lipinski definition) is 1. The van der Waals surface area contributed by atoms with Gasteiger partial charge in [0.1, 0.15) is 0 Å². The minimum Gasteiger partial charge on any atom is -0.475 e. The van der Waals surface area contributed by atoms with Gasteiger partial charge in [-0.25, -0.2) is 9.78 Å². The summed E-state index contributed by atoms with van der Waals surface area (Å²) < 4.78 is 10.7. The number of carboxylic acids is 1. The summed E-state index contributed by atoms with van der Waals surface area (Å²) in [5.41, 5.74) is 0.514. The molecule has 1 fully saturated rings. The van der Waals surface area contributed by atoms with Gasteiger partial charge < -0.3 is 14.3 Å². The number of aromatic carboxylic acids is 1. The fourth-order valence-corrected chi connectivity index (χ4v) is 1.89. The molecule has 1 unspecified atom stereocenters. The van der Waals surface area contributed by atoms with Crippen LogP contribution in [0.4, 0.5) is 0 Å². The van der Waals surface area contributed by atoms with Gasteiger partial charge in [-0.05, 0) is 19.3 Å². The Morgan fingerprint density at radius 1 is 1.62 bits per heavy atom. The normalized spacial score (nSPS) is 20.2. The number of aryl methyl sites for hydroxylation is 1. The molecule has 5 nitrogen and oxygen atoms in total. The molecule has 1 atom stereocenters. The summed E-state index contributed by atoms with van der Waals surface area (Å²) in [4.78, 5) is 15.1. The van der Waals surface area contributed by atoms with Crippen LogP contribution in [-0.2, 0) is 17.6 Å². The zero-order valence-corrected chi connectivity index (χ0v) is 9.23. The van der Waals surface area contributed by atoms with Gasteiger partial charge in [0.05, 0.1) is 18.2 Å². The second-order valence-corrected chi connectivity index (χ2v) is 3.88. The average Bonchev–Trinajstić information content (AvgIpc) is 2.87. The van der Waals surface area contributed by atoms with Gasteiger partial charge >= 0.3 is 5.97 Å². The van der Waals surface area contributed by atoms with Gasteiger partial charge in [-0.15, -0.1) is 0 Å². The monoisotopic (exact) mass is 225 g/mol. The van der Waals surface area contributed by atoms with Gasteiger partial charge in [0.2, 0.25) is 5.76 Å². The van der Waals surface area contributed by atoms with Crippen LogP contribution in [0.5, 0.6) is 0 Å². The molecule has 0 bridgehead atoms. The number of oxazole rings is 1. The molecule has 0 spiro atoms. The standard InChI is InChI=1S/C11H15NO4/c1-2-8-10(11(13)14)16-9(12-8)6-7-4-3-5-15-7/h7H,2-6H2,1H3,(H,13,14). The van der Waals surface area contributed by atoms with Crippen LogP contribution in [0.1, 0.15) is 41.9 Å². The molecular weight excluding hydrogens is 210 g/mol. The van der Waals surface area contributed by atoms with Crippen LogP contribution in [0.15, 0.2) is 4.42 Å². The Morgan fingerprint density at radius 2 is 2.44 bits per heavy atom. The number of aromatic nitrogens is 1. The number of carbonyl (C=O) groups is 1. The van der Waals surface area contributed by atoms with Crippen molar-refractivity contribution in [3.63, 3.8) is 0 Å². The summed E-state index contributed by atoms with van der Waals surface area (Å²) >= 11 is 0. The highest BCUT2D eigenvalue weighted by molar-refractivity contribution is 5.85. The van der Waals surface area contributed by atoms with Crippen molar-refractivity contribution in [1.82, 2.24) is 4.98 Å². The summed E-state index contributed by atoms with van der Waals surface area (Å²) in [5.74, 6) is -0.611. The lowest BCUT2D eigenvalue weighted by molar-refractivity contribution is 0.0653. The van der Waals surface area contributed by atoms with E-state index in [1.54, 1.807) is 0 Å². The van der Waals surface area contributed by atoms with Crippen molar-refractivity contribution in [1.29, 1.82) is 0 Å². The van der Waals surface area contributed by atoms with Crippen LogP contribution in [0.25, 0.3) is 0 Å². The highest BCUT2D eigenvalue weighted by atomic mass is 16.5. The van der Waals surface area contributed by atoms with Crippen molar-refractivity contribution in [3.05, 3.63) is 17.3 Å². The average molecular weight is 225 g/mol. The van der Waals surface area contributed by atoms with Crippen LogP contribution >= 0.6 is 0 Å². The molecule has 2 heterocycles. The maximum atomic E-state index is 10.9. The number of hydrogen-bond acceptors (Lipinski definition) is 4. The SMILES string of the molecule is CCc1nc(CC2CCCO2)oc1C(=O)O. The predicted octanol–water partition coefficient (Wildman–Crippen LogP) is 1.66. The number of nitrogens with zero attached hydrogens (tertiary/aromatic N) is 1. The lowest BCUT2D eigenvalue weighted by Crippen LogP contribution is -2.08. The van der Waals surface area contributed by atoms with Crippen LogP contribution in [0, 0.1) is 0 Å². The summed E-state index contributed by atoms with van der Waals surface area (Å²) in [6, 6.07) is 0. The molecule has 1 aliphatic rings. The number of rotatable bonds is 4. The first kappa shape index (κ1) is 11.1. The van der Waals surface area contributed by atoms with E-state index < -0.39 is 5.97 Å². The van der Waals surface area contributed by atoms with E-state index in [-0.39, 0.29) is 11.9 Å². The quantitative estimate of drug-likeness (QED) is 0.843. The molecule has 1 N–H and O–H groups in total. The van der Waals surface area contributed by atoms with Crippen LogP contribution in [0.2, 0.25) is 0 Å². The van der Waals surface area contributed by atoms with Gasteiger partial charge in [0, 0.05) is 6.61 Å². The Morgan fingerprint density at radius 3 is 2.94 bits per heavy atom. The smallest absolute Gasteiger partial charge is 0.373 e. The minimum absolute atomic E-state index is 0.0319. The minimum atomic E-state index is -1.05. The lowest BCUT2D eigenvalue weighted by Gasteiger charge is -2.04. The summed E-state index contributed by atoms with van der Waals surface area (Å²) in [7, 11) is 0. The Hall–Kier alpha value is -1.36. The molecule has 2 rings (SSSR count). The maximum Gasteiger partial charge on any atom is 0.373 e. The first-order valence-electron chi connectivity index (χ1n) is 5.54. The largest absolute Gasteiger partial charge is 0.475 e. The Balaban J connectivity index is 2.12. The summed E-state index contributed by atoms with van der Waals surface area (Å²) in [5, 5.41) is 8.91. The topological polar surface area (TPSA) is 72.6 Å². The molecule has 88 valence electrons. The van der Waals surface area contributed by atoms with Crippen LogP contribution in [0.3, 0.4) is 0 Å². The van der Waals surface area contributed by atoms with Crippen molar-refractivity contribution in [2.24, 2.45) is 0 Å². The van der Waals surface area contributed by atoms with E-state index in [4.69, 9.17) is 14.3 Å². The molecule has 1 aromatic heterocycles. The van der Waals surface area contributed by atoms with Crippen molar-refractivity contribution in [3.8, 4) is 0 Å². The fourth-order valence-electron chi connectivity index (χ4n) is 1.89. The van der Waals surface area contributed by atoms with E-state index in [1.807, 2.05) is 6.92 Å². The summed E-state index contributed by atoms with van der Waals surface area (Å²) in [6.07, 6.45) is 3.31. The lowest BCUT2D eigenvalue weighted by atomic mass is 10.2. The molecule has 0 saturated carbocycles. The van der Waals surface area contributed by atoms with Crippen molar-refractivity contribution in [2.75, 3.05) is 6.61 Å². The van der Waals surface area contributed by atoms with Crippen molar-refractivity contribution in [2.45, 2.75) is 38.7 Å². The third kappa shape index (κ3) is 2.24. The molecule has 1 aliphatic heterocycles. The molecule has 0 amide bonds. The first-order valence-corrected chi connectivity index (χ1v) is 5.54. The molecule has 16 heavy (non-hydrogen) atoms. The zero-order valence-electron chi connectivity index (χ0n) is 9.23. The van der Waals surface area contributed by atoms with Crippen LogP contribution < -0.4 is 0 Å². The molecule has 1 saturated heterocycles. The Bertz CT molecular complexity index is 379. The van der Waals surface area contributed by atoms with E-state index >= 15 is 0 Å². The molecule has 0 aromatic carbocycles. The number of carboxylic acid groups (broad SMARTS) is 1. The molecule has 5 heteroatoms. The van der Waals surface area contributed by atoms with E-state index in [2.05, 4.69) is 4.98 Å². The Labute approximate surface area is 93.4 Å². The van der Waals surface area contributed by atoms with E-state index in [0.29, 0.717) is 24.4 Å². The first-order chi connectivity index (χ1) is 7.70. The van der Waals surface area contributed by atoms with Gasteiger partial charge in [-0.2, -0.15) is 0 Å². The van der Waals surface area contributed by atoms with Crippen molar-refractivity contribution < 1.29 is 19.1 Å². The maximum absolute atomic E-state index is 10.9. The van der Waals surface area contributed by atoms with Gasteiger partial charge in [-0.1, -0.05) is 6.92 Å². The predicted molar refractivity (Wildman–Crippen MR) is 55.5 cm³/mol. The molecule has 0 aliphatic carbocycles. The molecular formula is C11H15NO4. The van der Waals surface area contributed by atoms with Gasteiger partial charge in [-0.3, -0.25) is 0 Å². The second-order valence-electron chi connectivity index (χ2n) is 3.88. The van der Waals surface area contributed by atoms with Crippen LogP contribution in [-0.4, -0.2) is 28.8 Å². The highest BCUT2D eigenvalue weighted by Crippen LogP contribution is 2.19. The number of ether oxygens (including phenoxy) is 1. The van der Waals surface area contributed by atoms with Crippen molar-refractivity contribution >= 4 is 5.97 Å².